The molecule has 5 nitrogen and oxygen atoms in total. The molecule has 104 valence electrons. The molecule has 0 aliphatic carbocycles. The molecule has 0 bridgehead atoms. The van der Waals surface area contributed by atoms with Gasteiger partial charge in [0.05, 0.1) is 12.0 Å². The minimum Gasteiger partial charge on any atom is -0.497 e. The summed E-state index contributed by atoms with van der Waals surface area (Å²) in [6.45, 7) is 1.67. The first-order valence-corrected chi connectivity index (χ1v) is 6.10. The summed E-state index contributed by atoms with van der Waals surface area (Å²) in [5.41, 5.74) is 1.73. The number of aliphatic hydroxyl groups is 1. The van der Waals surface area contributed by atoms with E-state index in [1.54, 1.807) is 50.4 Å². The van der Waals surface area contributed by atoms with E-state index in [1.165, 1.54) is 6.07 Å². The Bertz CT molecular complexity index is 622. The normalized spacial score (nSPS) is 11.9. The first-order chi connectivity index (χ1) is 9.52. The lowest BCUT2D eigenvalue weighted by Gasteiger charge is -2.12. The Balaban J connectivity index is 2.34. The van der Waals surface area contributed by atoms with E-state index in [4.69, 9.17) is 4.74 Å². The van der Waals surface area contributed by atoms with E-state index in [-0.39, 0.29) is 5.69 Å². The predicted octanol–water partition coefficient (Wildman–Crippen LogP) is 2.99. The monoisotopic (exact) mass is 273 g/mol. The third kappa shape index (κ3) is 2.78. The minimum atomic E-state index is -0.903. The Morgan fingerprint density at radius 3 is 2.30 bits per heavy atom. The molecular weight excluding hydrogens is 258 g/mol. The van der Waals surface area contributed by atoms with Gasteiger partial charge in [-0.1, -0.05) is 24.3 Å². The van der Waals surface area contributed by atoms with Crippen molar-refractivity contribution >= 4 is 5.69 Å². The fourth-order valence-electron chi connectivity index (χ4n) is 1.97. The Morgan fingerprint density at radius 2 is 1.75 bits per heavy atom. The molecule has 2 aromatic rings. The molecule has 0 heterocycles. The number of benzene rings is 2. The van der Waals surface area contributed by atoms with Crippen molar-refractivity contribution in [2.24, 2.45) is 0 Å². The molecule has 0 saturated heterocycles. The maximum Gasteiger partial charge on any atom is 0.272 e. The van der Waals surface area contributed by atoms with Crippen LogP contribution in [0.25, 0.3) is 0 Å². The SMILES string of the molecule is COc1ccc(C(O)c2ccc(C)c([N+](=O)[O-])c2)cc1. The Hall–Kier alpha value is -2.40. The number of methoxy groups -OCH3 is 1. The fourth-order valence-corrected chi connectivity index (χ4v) is 1.97. The minimum absolute atomic E-state index is 0.00932. The van der Waals surface area contributed by atoms with Crippen molar-refractivity contribution in [3.63, 3.8) is 0 Å². The summed E-state index contributed by atoms with van der Waals surface area (Å²) < 4.78 is 5.05. The number of aliphatic hydroxyl groups excluding tert-OH is 1. The summed E-state index contributed by atoms with van der Waals surface area (Å²) in [6.07, 6.45) is -0.903. The zero-order chi connectivity index (χ0) is 14.7. The smallest absolute Gasteiger partial charge is 0.272 e. The van der Waals surface area contributed by atoms with E-state index < -0.39 is 11.0 Å². The second-order valence-electron chi connectivity index (χ2n) is 4.48. The van der Waals surface area contributed by atoms with E-state index in [0.29, 0.717) is 22.4 Å². The van der Waals surface area contributed by atoms with Gasteiger partial charge in [0.2, 0.25) is 0 Å². The molecule has 2 rings (SSSR count). The summed E-state index contributed by atoms with van der Waals surface area (Å²) in [4.78, 5) is 10.5. The van der Waals surface area contributed by atoms with E-state index >= 15 is 0 Å². The van der Waals surface area contributed by atoms with Crippen LogP contribution in [0.2, 0.25) is 0 Å². The second-order valence-corrected chi connectivity index (χ2v) is 4.48. The van der Waals surface area contributed by atoms with Crippen molar-refractivity contribution < 1.29 is 14.8 Å². The van der Waals surface area contributed by atoms with Crippen LogP contribution in [0.5, 0.6) is 5.75 Å². The maximum atomic E-state index is 10.9. The van der Waals surface area contributed by atoms with Crippen molar-refractivity contribution in [2.45, 2.75) is 13.0 Å². The number of rotatable bonds is 4. The topological polar surface area (TPSA) is 72.6 Å². The van der Waals surface area contributed by atoms with Gasteiger partial charge in [-0.15, -0.1) is 0 Å². The molecule has 0 spiro atoms. The summed E-state index contributed by atoms with van der Waals surface area (Å²) in [6, 6.07) is 11.7. The van der Waals surface area contributed by atoms with Gasteiger partial charge in [0.1, 0.15) is 11.9 Å². The molecule has 0 aromatic heterocycles. The summed E-state index contributed by atoms with van der Waals surface area (Å²) in [5.74, 6) is 0.691. The quantitative estimate of drug-likeness (QED) is 0.686. The van der Waals surface area contributed by atoms with Crippen molar-refractivity contribution in [1.82, 2.24) is 0 Å². The molecule has 20 heavy (non-hydrogen) atoms. The number of nitro groups is 1. The first-order valence-electron chi connectivity index (χ1n) is 6.10. The highest BCUT2D eigenvalue weighted by Crippen LogP contribution is 2.28. The van der Waals surface area contributed by atoms with Crippen molar-refractivity contribution in [2.75, 3.05) is 7.11 Å². The van der Waals surface area contributed by atoms with Crippen LogP contribution in [0.15, 0.2) is 42.5 Å². The third-order valence-corrected chi connectivity index (χ3v) is 3.18. The molecule has 1 N–H and O–H groups in total. The van der Waals surface area contributed by atoms with Gasteiger partial charge >= 0.3 is 0 Å². The highest BCUT2D eigenvalue weighted by molar-refractivity contribution is 5.45. The summed E-state index contributed by atoms with van der Waals surface area (Å²) in [5, 5.41) is 21.2. The largest absolute Gasteiger partial charge is 0.497 e. The van der Waals surface area contributed by atoms with Crippen LogP contribution >= 0.6 is 0 Å². The Kier molecular flexibility index (Phi) is 4.00. The van der Waals surface area contributed by atoms with Gasteiger partial charge in [0.15, 0.2) is 0 Å². The van der Waals surface area contributed by atoms with Gasteiger partial charge in [-0.2, -0.15) is 0 Å². The zero-order valence-electron chi connectivity index (χ0n) is 11.2. The zero-order valence-corrected chi connectivity index (χ0v) is 11.2. The lowest BCUT2D eigenvalue weighted by atomic mass is 9.99. The van der Waals surface area contributed by atoms with Gasteiger partial charge in [0, 0.05) is 11.6 Å². The average molecular weight is 273 g/mol. The van der Waals surface area contributed by atoms with Crippen molar-refractivity contribution in [3.05, 3.63) is 69.3 Å². The molecule has 0 aliphatic rings. The van der Waals surface area contributed by atoms with Crippen LogP contribution in [0.3, 0.4) is 0 Å². The van der Waals surface area contributed by atoms with Crippen molar-refractivity contribution in [3.8, 4) is 5.75 Å². The lowest BCUT2D eigenvalue weighted by Crippen LogP contribution is -2.01. The van der Waals surface area contributed by atoms with E-state index in [2.05, 4.69) is 0 Å². The number of aryl methyl sites for hydroxylation is 1. The molecule has 0 aliphatic heterocycles. The fraction of sp³-hybridized carbons (Fsp3) is 0.200. The van der Waals surface area contributed by atoms with E-state index in [1.807, 2.05) is 0 Å². The van der Waals surface area contributed by atoms with Crippen LogP contribution in [0.1, 0.15) is 22.8 Å². The number of hydrogen-bond acceptors (Lipinski definition) is 4. The predicted molar refractivity (Wildman–Crippen MR) is 74.9 cm³/mol. The second kappa shape index (κ2) is 5.71. The van der Waals surface area contributed by atoms with Gasteiger partial charge in [0.25, 0.3) is 5.69 Å². The van der Waals surface area contributed by atoms with E-state index in [9.17, 15) is 15.2 Å². The number of nitro benzene ring substituents is 1. The standard InChI is InChI=1S/C15H15NO4/c1-10-3-4-12(9-14(10)16(18)19)15(17)11-5-7-13(20-2)8-6-11/h3-9,15,17H,1-2H3. The molecule has 1 atom stereocenters. The van der Waals surface area contributed by atoms with Crippen molar-refractivity contribution in [1.29, 1.82) is 0 Å². The van der Waals surface area contributed by atoms with Crippen LogP contribution < -0.4 is 4.74 Å². The van der Waals surface area contributed by atoms with Gasteiger partial charge in [-0.3, -0.25) is 10.1 Å². The first kappa shape index (κ1) is 14.0. The highest BCUT2D eigenvalue weighted by atomic mass is 16.6. The Labute approximate surface area is 116 Å². The van der Waals surface area contributed by atoms with Gasteiger partial charge in [-0.25, -0.2) is 0 Å². The van der Waals surface area contributed by atoms with Gasteiger partial charge in [-0.05, 0) is 30.2 Å². The number of hydrogen-bond donors (Lipinski definition) is 1. The Morgan fingerprint density at radius 1 is 1.15 bits per heavy atom. The van der Waals surface area contributed by atoms with Crippen LogP contribution in [0, 0.1) is 17.0 Å². The summed E-state index contributed by atoms with van der Waals surface area (Å²) >= 11 is 0. The molecule has 0 amide bonds. The molecule has 0 radical (unpaired) electrons. The molecule has 1 unspecified atom stereocenters. The number of ether oxygens (including phenoxy) is 1. The molecule has 0 saturated carbocycles. The highest BCUT2D eigenvalue weighted by Gasteiger charge is 2.16. The molecular formula is C15H15NO4. The van der Waals surface area contributed by atoms with Gasteiger partial charge < -0.3 is 9.84 Å². The van der Waals surface area contributed by atoms with E-state index in [0.717, 1.165) is 0 Å². The van der Waals surface area contributed by atoms with Crippen LogP contribution in [-0.4, -0.2) is 17.1 Å². The van der Waals surface area contributed by atoms with Crippen LogP contribution in [-0.2, 0) is 0 Å². The average Bonchev–Trinajstić information content (AvgIpc) is 2.47. The molecule has 0 fully saturated rings. The lowest BCUT2D eigenvalue weighted by molar-refractivity contribution is -0.385. The number of nitrogens with zero attached hydrogens (tertiary/aromatic N) is 1. The third-order valence-electron chi connectivity index (χ3n) is 3.18. The maximum absolute atomic E-state index is 10.9. The molecule has 2 aromatic carbocycles. The molecule has 5 heteroatoms. The van der Waals surface area contributed by atoms with Crippen LogP contribution in [0.4, 0.5) is 5.69 Å². The summed E-state index contributed by atoms with van der Waals surface area (Å²) in [7, 11) is 1.56.